The molecule has 20 heavy (non-hydrogen) atoms. The highest BCUT2D eigenvalue weighted by Crippen LogP contribution is 2.27. The minimum atomic E-state index is -0.239. The number of amides is 1. The second kappa shape index (κ2) is 4.90. The first-order valence-electron chi connectivity index (χ1n) is 6.01. The summed E-state index contributed by atoms with van der Waals surface area (Å²) in [7, 11) is 0. The van der Waals surface area contributed by atoms with Gasteiger partial charge in [-0.3, -0.25) is 4.79 Å². The molecule has 3 aromatic rings. The molecule has 0 radical (unpaired) electrons. The van der Waals surface area contributed by atoms with Gasteiger partial charge in [-0.25, -0.2) is 0 Å². The van der Waals surface area contributed by atoms with Crippen molar-refractivity contribution in [2.45, 2.75) is 0 Å². The molecule has 1 heterocycles. The Morgan fingerprint density at radius 3 is 2.85 bits per heavy atom. The Labute approximate surface area is 120 Å². The van der Waals surface area contributed by atoms with E-state index >= 15 is 0 Å². The first kappa shape index (κ1) is 12.6. The van der Waals surface area contributed by atoms with E-state index in [4.69, 9.17) is 11.6 Å². The van der Waals surface area contributed by atoms with Gasteiger partial charge >= 0.3 is 0 Å². The van der Waals surface area contributed by atoms with E-state index in [-0.39, 0.29) is 16.7 Å². The second-order valence-electron chi connectivity index (χ2n) is 4.36. The standard InChI is InChI=1S/C15H11ClN2O2/c16-12-5-4-9(8-14(12)19)18-15(20)11-2-1-3-13-10(11)6-7-17-13/h1-8,17,19H,(H,18,20). The summed E-state index contributed by atoms with van der Waals surface area (Å²) in [5.41, 5.74) is 1.96. The van der Waals surface area contributed by atoms with Crippen molar-refractivity contribution in [1.82, 2.24) is 4.98 Å². The number of fused-ring (bicyclic) bond motifs is 1. The van der Waals surface area contributed by atoms with Gasteiger partial charge in [-0.15, -0.1) is 0 Å². The molecule has 0 fully saturated rings. The molecule has 0 saturated carbocycles. The van der Waals surface area contributed by atoms with Gasteiger partial charge in [-0.05, 0) is 30.3 Å². The zero-order valence-corrected chi connectivity index (χ0v) is 11.1. The quantitative estimate of drug-likeness (QED) is 0.671. The van der Waals surface area contributed by atoms with Crippen LogP contribution in [0.3, 0.4) is 0 Å². The average molecular weight is 287 g/mol. The number of aromatic nitrogens is 1. The Morgan fingerprint density at radius 2 is 2.05 bits per heavy atom. The van der Waals surface area contributed by atoms with Crippen molar-refractivity contribution < 1.29 is 9.90 Å². The van der Waals surface area contributed by atoms with Gasteiger partial charge in [0.25, 0.3) is 5.91 Å². The zero-order valence-electron chi connectivity index (χ0n) is 10.4. The van der Waals surface area contributed by atoms with E-state index in [1.54, 1.807) is 18.3 Å². The molecule has 0 aliphatic rings. The third-order valence-corrected chi connectivity index (χ3v) is 3.36. The number of phenols is 1. The van der Waals surface area contributed by atoms with Crippen molar-refractivity contribution in [3.05, 3.63) is 59.2 Å². The van der Waals surface area contributed by atoms with Crippen molar-refractivity contribution in [3.63, 3.8) is 0 Å². The Morgan fingerprint density at radius 1 is 1.20 bits per heavy atom. The van der Waals surface area contributed by atoms with Crippen LogP contribution in [-0.2, 0) is 0 Å². The minimum Gasteiger partial charge on any atom is -0.506 e. The number of nitrogens with one attached hydrogen (secondary N) is 2. The van der Waals surface area contributed by atoms with Crippen LogP contribution in [-0.4, -0.2) is 16.0 Å². The van der Waals surface area contributed by atoms with Crippen LogP contribution in [0.15, 0.2) is 48.7 Å². The SMILES string of the molecule is O=C(Nc1ccc(Cl)c(O)c1)c1cccc2[nH]ccc12. The van der Waals surface area contributed by atoms with E-state index in [9.17, 15) is 9.90 Å². The number of H-pyrrole nitrogens is 1. The second-order valence-corrected chi connectivity index (χ2v) is 4.77. The maximum atomic E-state index is 12.3. The van der Waals surface area contributed by atoms with Crippen molar-refractivity contribution >= 4 is 34.1 Å². The van der Waals surface area contributed by atoms with Gasteiger partial charge in [0.2, 0.25) is 0 Å². The highest BCUT2D eigenvalue weighted by Gasteiger charge is 2.11. The molecule has 3 N–H and O–H groups in total. The van der Waals surface area contributed by atoms with E-state index < -0.39 is 0 Å². The van der Waals surface area contributed by atoms with Crippen LogP contribution in [0.5, 0.6) is 5.75 Å². The van der Waals surface area contributed by atoms with Crippen LogP contribution in [0.1, 0.15) is 10.4 Å². The molecule has 0 saturated heterocycles. The highest BCUT2D eigenvalue weighted by molar-refractivity contribution is 6.32. The molecule has 4 nitrogen and oxygen atoms in total. The lowest BCUT2D eigenvalue weighted by Gasteiger charge is -2.07. The van der Waals surface area contributed by atoms with E-state index in [0.717, 1.165) is 10.9 Å². The van der Waals surface area contributed by atoms with Gasteiger partial charge in [-0.2, -0.15) is 0 Å². The topological polar surface area (TPSA) is 65.1 Å². The first-order valence-corrected chi connectivity index (χ1v) is 6.39. The van der Waals surface area contributed by atoms with Gasteiger partial charge in [-0.1, -0.05) is 17.7 Å². The minimum absolute atomic E-state index is 0.0654. The number of aromatic hydroxyl groups is 1. The van der Waals surface area contributed by atoms with Gasteiger partial charge in [0.15, 0.2) is 0 Å². The summed E-state index contributed by atoms with van der Waals surface area (Å²) >= 11 is 5.73. The summed E-state index contributed by atoms with van der Waals surface area (Å²) in [5.74, 6) is -0.304. The van der Waals surface area contributed by atoms with Crippen LogP contribution in [0.25, 0.3) is 10.9 Å². The number of rotatable bonds is 2. The fourth-order valence-corrected chi connectivity index (χ4v) is 2.19. The predicted molar refractivity (Wildman–Crippen MR) is 79.4 cm³/mol. The number of halogens is 1. The molecule has 0 bridgehead atoms. The van der Waals surface area contributed by atoms with Gasteiger partial charge in [0, 0.05) is 34.4 Å². The Balaban J connectivity index is 1.93. The summed E-state index contributed by atoms with van der Waals surface area (Å²) in [5, 5.41) is 13.4. The van der Waals surface area contributed by atoms with Crippen LogP contribution in [0, 0.1) is 0 Å². The smallest absolute Gasteiger partial charge is 0.256 e. The van der Waals surface area contributed by atoms with Crippen molar-refractivity contribution in [2.24, 2.45) is 0 Å². The lowest BCUT2D eigenvalue weighted by molar-refractivity contribution is 0.102. The van der Waals surface area contributed by atoms with Crippen LogP contribution in [0.4, 0.5) is 5.69 Å². The van der Waals surface area contributed by atoms with Gasteiger partial charge in [0.1, 0.15) is 5.75 Å². The monoisotopic (exact) mass is 286 g/mol. The number of hydrogen-bond donors (Lipinski definition) is 3. The van der Waals surface area contributed by atoms with Gasteiger partial charge < -0.3 is 15.4 Å². The third kappa shape index (κ3) is 2.21. The number of carbonyl (C=O) groups is 1. The molecule has 2 aromatic carbocycles. The summed E-state index contributed by atoms with van der Waals surface area (Å²) in [6.45, 7) is 0. The predicted octanol–water partition coefficient (Wildman–Crippen LogP) is 3.78. The molecule has 0 spiro atoms. The molecule has 0 aliphatic heterocycles. The summed E-state index contributed by atoms with van der Waals surface area (Å²) in [6, 6.07) is 11.9. The van der Waals surface area contributed by atoms with Crippen LogP contribution >= 0.6 is 11.6 Å². The Bertz CT molecular complexity index is 795. The Kier molecular flexibility index (Phi) is 3.08. The molecule has 0 unspecified atom stereocenters. The van der Waals surface area contributed by atoms with Crippen molar-refractivity contribution in [3.8, 4) is 5.75 Å². The highest BCUT2D eigenvalue weighted by atomic mass is 35.5. The molecule has 100 valence electrons. The normalized spacial score (nSPS) is 10.7. The molecular weight excluding hydrogens is 276 g/mol. The number of carbonyl (C=O) groups excluding carboxylic acids is 1. The van der Waals surface area contributed by atoms with E-state index in [1.807, 2.05) is 18.2 Å². The number of benzene rings is 2. The number of phenolic OH excluding ortho intramolecular Hbond substituents is 1. The fourth-order valence-electron chi connectivity index (χ4n) is 2.07. The van der Waals surface area contributed by atoms with Crippen LogP contribution < -0.4 is 5.32 Å². The molecular formula is C15H11ClN2O2. The molecule has 5 heteroatoms. The van der Waals surface area contributed by atoms with Gasteiger partial charge in [0.05, 0.1) is 5.02 Å². The number of hydrogen-bond acceptors (Lipinski definition) is 2. The van der Waals surface area contributed by atoms with E-state index in [1.165, 1.54) is 12.1 Å². The zero-order chi connectivity index (χ0) is 14.1. The lowest BCUT2D eigenvalue weighted by Crippen LogP contribution is -2.12. The molecule has 1 aromatic heterocycles. The molecule has 3 rings (SSSR count). The maximum Gasteiger partial charge on any atom is 0.256 e. The number of aromatic amines is 1. The van der Waals surface area contributed by atoms with E-state index in [0.29, 0.717) is 11.3 Å². The molecule has 0 aliphatic carbocycles. The maximum absolute atomic E-state index is 12.3. The van der Waals surface area contributed by atoms with Crippen molar-refractivity contribution in [1.29, 1.82) is 0 Å². The Hall–Kier alpha value is -2.46. The summed E-state index contributed by atoms with van der Waals surface area (Å²) in [6.07, 6.45) is 1.79. The van der Waals surface area contributed by atoms with Crippen molar-refractivity contribution in [2.75, 3.05) is 5.32 Å². The van der Waals surface area contributed by atoms with E-state index in [2.05, 4.69) is 10.3 Å². The lowest BCUT2D eigenvalue weighted by atomic mass is 10.1. The average Bonchev–Trinajstić information content (AvgIpc) is 2.91. The first-order chi connectivity index (χ1) is 9.65. The molecule has 1 amide bonds. The summed E-state index contributed by atoms with van der Waals surface area (Å²) < 4.78 is 0. The largest absolute Gasteiger partial charge is 0.506 e. The number of anilines is 1. The fraction of sp³-hybridized carbons (Fsp3) is 0. The van der Waals surface area contributed by atoms with Crippen LogP contribution in [0.2, 0.25) is 5.02 Å². The third-order valence-electron chi connectivity index (χ3n) is 3.04. The summed E-state index contributed by atoms with van der Waals surface area (Å²) in [4.78, 5) is 15.3. The molecule has 0 atom stereocenters.